The second-order valence-corrected chi connectivity index (χ2v) is 4.35. The van der Waals surface area contributed by atoms with E-state index in [4.69, 9.17) is 27.8 Å². The predicted molar refractivity (Wildman–Crippen MR) is 63.9 cm³/mol. The number of ether oxygens (including phenoxy) is 1. The van der Waals surface area contributed by atoms with Crippen LogP contribution in [0.1, 0.15) is 12.8 Å². The Morgan fingerprint density at radius 1 is 1.53 bits per heavy atom. The first-order chi connectivity index (χ1) is 7.24. The molecule has 4 nitrogen and oxygen atoms in total. The standard InChI is InChI=1S/C10H20N2O2S/c11-10(15)9-2-1-3-12(8-9)4-6-14-7-5-13/h9,13H,1-8H2,(H2,11,15). The lowest BCUT2D eigenvalue weighted by Gasteiger charge is -2.31. The zero-order valence-electron chi connectivity index (χ0n) is 9.02. The van der Waals surface area contributed by atoms with E-state index in [1.807, 2.05) is 0 Å². The number of rotatable bonds is 6. The molecule has 1 atom stereocenters. The van der Waals surface area contributed by atoms with E-state index in [-0.39, 0.29) is 6.61 Å². The fourth-order valence-electron chi connectivity index (χ4n) is 1.85. The van der Waals surface area contributed by atoms with Crippen LogP contribution < -0.4 is 5.73 Å². The van der Waals surface area contributed by atoms with Crippen molar-refractivity contribution in [1.82, 2.24) is 4.90 Å². The maximum Gasteiger partial charge on any atom is 0.0771 e. The van der Waals surface area contributed by atoms with E-state index in [0.717, 1.165) is 32.5 Å². The van der Waals surface area contributed by atoms with Gasteiger partial charge in [0.05, 0.1) is 24.8 Å². The SMILES string of the molecule is NC(=S)C1CCCN(CCOCCO)C1. The van der Waals surface area contributed by atoms with Gasteiger partial charge in [0.25, 0.3) is 0 Å². The normalized spacial score (nSPS) is 22.9. The van der Waals surface area contributed by atoms with Gasteiger partial charge in [-0.1, -0.05) is 12.2 Å². The van der Waals surface area contributed by atoms with E-state index in [1.54, 1.807) is 0 Å². The Hall–Kier alpha value is -0.230. The predicted octanol–water partition coefficient (Wildman–Crippen LogP) is -0.00660. The maximum absolute atomic E-state index is 8.55. The first-order valence-electron chi connectivity index (χ1n) is 5.44. The Bertz CT molecular complexity index is 202. The van der Waals surface area contributed by atoms with Gasteiger partial charge in [0.2, 0.25) is 0 Å². The van der Waals surface area contributed by atoms with Gasteiger partial charge in [-0.2, -0.15) is 0 Å². The summed E-state index contributed by atoms with van der Waals surface area (Å²) < 4.78 is 5.23. The minimum absolute atomic E-state index is 0.0928. The van der Waals surface area contributed by atoms with Crippen LogP contribution in [0, 0.1) is 5.92 Å². The topological polar surface area (TPSA) is 58.7 Å². The number of hydrogen-bond acceptors (Lipinski definition) is 4. The molecule has 1 aliphatic heterocycles. The van der Waals surface area contributed by atoms with Gasteiger partial charge in [-0.25, -0.2) is 0 Å². The van der Waals surface area contributed by atoms with Crippen molar-refractivity contribution in [2.24, 2.45) is 11.7 Å². The largest absolute Gasteiger partial charge is 0.394 e. The van der Waals surface area contributed by atoms with Gasteiger partial charge >= 0.3 is 0 Å². The molecule has 0 bridgehead atoms. The highest BCUT2D eigenvalue weighted by Crippen LogP contribution is 2.16. The molecule has 1 rings (SSSR count). The van der Waals surface area contributed by atoms with Crippen LogP contribution in [-0.2, 0) is 4.74 Å². The van der Waals surface area contributed by atoms with Gasteiger partial charge in [0.1, 0.15) is 0 Å². The van der Waals surface area contributed by atoms with Crippen molar-refractivity contribution in [1.29, 1.82) is 0 Å². The van der Waals surface area contributed by atoms with Gasteiger partial charge in [0.15, 0.2) is 0 Å². The van der Waals surface area contributed by atoms with Crippen LogP contribution >= 0.6 is 12.2 Å². The van der Waals surface area contributed by atoms with Crippen LogP contribution in [0.25, 0.3) is 0 Å². The molecule has 0 aromatic rings. The van der Waals surface area contributed by atoms with E-state index >= 15 is 0 Å². The number of nitrogens with two attached hydrogens (primary N) is 1. The summed E-state index contributed by atoms with van der Waals surface area (Å²) in [6, 6.07) is 0. The second-order valence-electron chi connectivity index (χ2n) is 3.88. The molecule has 0 aromatic carbocycles. The van der Waals surface area contributed by atoms with Crippen molar-refractivity contribution >= 4 is 17.2 Å². The molecule has 0 amide bonds. The number of aliphatic hydroxyl groups excluding tert-OH is 1. The molecule has 1 heterocycles. The molecule has 5 heteroatoms. The minimum atomic E-state index is 0.0928. The maximum atomic E-state index is 8.55. The van der Waals surface area contributed by atoms with Crippen LogP contribution in [0.3, 0.4) is 0 Å². The molecule has 0 saturated carbocycles. The number of piperidine rings is 1. The summed E-state index contributed by atoms with van der Waals surface area (Å²) in [5, 5.41) is 8.55. The number of aliphatic hydroxyl groups is 1. The highest BCUT2D eigenvalue weighted by Gasteiger charge is 2.21. The zero-order chi connectivity index (χ0) is 11.1. The minimum Gasteiger partial charge on any atom is -0.394 e. The Labute approximate surface area is 96.4 Å². The fraction of sp³-hybridized carbons (Fsp3) is 0.900. The molecular weight excluding hydrogens is 212 g/mol. The van der Waals surface area contributed by atoms with Crippen molar-refractivity contribution in [2.45, 2.75) is 12.8 Å². The summed E-state index contributed by atoms with van der Waals surface area (Å²) in [6.07, 6.45) is 2.27. The second kappa shape index (κ2) is 7.11. The zero-order valence-corrected chi connectivity index (χ0v) is 9.84. The van der Waals surface area contributed by atoms with E-state index in [0.29, 0.717) is 24.1 Å². The summed E-state index contributed by atoms with van der Waals surface area (Å²) in [5.74, 6) is 0.367. The molecule has 0 aliphatic carbocycles. The van der Waals surface area contributed by atoms with Crippen LogP contribution in [0.15, 0.2) is 0 Å². The molecule has 15 heavy (non-hydrogen) atoms. The lowest BCUT2D eigenvalue weighted by molar-refractivity contribution is 0.0667. The Balaban J connectivity index is 2.15. The number of hydrogen-bond donors (Lipinski definition) is 2. The highest BCUT2D eigenvalue weighted by molar-refractivity contribution is 7.80. The highest BCUT2D eigenvalue weighted by atomic mass is 32.1. The van der Waals surface area contributed by atoms with Crippen LogP contribution in [-0.4, -0.2) is 54.4 Å². The van der Waals surface area contributed by atoms with Crippen LogP contribution in [0.4, 0.5) is 0 Å². The molecule has 1 aliphatic rings. The van der Waals surface area contributed by atoms with E-state index < -0.39 is 0 Å². The van der Waals surface area contributed by atoms with E-state index in [2.05, 4.69) is 4.90 Å². The molecule has 0 spiro atoms. The van der Waals surface area contributed by atoms with Gasteiger partial charge in [0, 0.05) is 19.0 Å². The van der Waals surface area contributed by atoms with Crippen LogP contribution in [0.5, 0.6) is 0 Å². The summed E-state index contributed by atoms with van der Waals surface area (Å²) in [4.78, 5) is 2.96. The molecular formula is C10H20N2O2S. The quantitative estimate of drug-likeness (QED) is 0.498. The molecule has 88 valence electrons. The summed E-state index contributed by atoms with van der Waals surface area (Å²) in [6.45, 7) is 4.14. The van der Waals surface area contributed by atoms with Crippen molar-refractivity contribution in [2.75, 3.05) is 39.5 Å². The number of nitrogens with zero attached hydrogens (tertiary/aromatic N) is 1. The smallest absolute Gasteiger partial charge is 0.0771 e. The third kappa shape index (κ3) is 4.88. The van der Waals surface area contributed by atoms with Gasteiger partial charge < -0.3 is 20.5 Å². The molecule has 1 saturated heterocycles. The molecule has 3 N–H and O–H groups in total. The molecule has 1 fully saturated rings. The Morgan fingerprint density at radius 2 is 2.33 bits per heavy atom. The third-order valence-corrected chi connectivity index (χ3v) is 3.03. The molecule has 0 radical (unpaired) electrons. The third-order valence-electron chi connectivity index (χ3n) is 2.70. The molecule has 1 unspecified atom stereocenters. The van der Waals surface area contributed by atoms with E-state index in [9.17, 15) is 0 Å². The monoisotopic (exact) mass is 232 g/mol. The lowest BCUT2D eigenvalue weighted by atomic mass is 9.98. The van der Waals surface area contributed by atoms with Gasteiger partial charge in [-0.05, 0) is 19.4 Å². The van der Waals surface area contributed by atoms with Crippen LogP contribution in [0.2, 0.25) is 0 Å². The molecule has 0 aromatic heterocycles. The average molecular weight is 232 g/mol. The first kappa shape index (κ1) is 12.8. The summed E-state index contributed by atoms with van der Waals surface area (Å²) >= 11 is 5.01. The van der Waals surface area contributed by atoms with Crippen molar-refractivity contribution in [3.8, 4) is 0 Å². The van der Waals surface area contributed by atoms with Crippen molar-refractivity contribution in [3.63, 3.8) is 0 Å². The lowest BCUT2D eigenvalue weighted by Crippen LogP contribution is -2.41. The van der Waals surface area contributed by atoms with Crippen molar-refractivity contribution < 1.29 is 9.84 Å². The summed E-state index contributed by atoms with van der Waals surface area (Å²) in [7, 11) is 0. The Kier molecular flexibility index (Phi) is 6.09. The van der Waals surface area contributed by atoms with Gasteiger partial charge in [-0.3, -0.25) is 0 Å². The van der Waals surface area contributed by atoms with Gasteiger partial charge in [-0.15, -0.1) is 0 Å². The fourth-order valence-corrected chi connectivity index (χ4v) is 2.04. The van der Waals surface area contributed by atoms with E-state index in [1.165, 1.54) is 0 Å². The van der Waals surface area contributed by atoms with Crippen molar-refractivity contribution in [3.05, 3.63) is 0 Å². The summed E-state index contributed by atoms with van der Waals surface area (Å²) in [5.41, 5.74) is 5.65. The number of likely N-dealkylation sites (tertiary alicyclic amines) is 1. The first-order valence-corrected chi connectivity index (χ1v) is 5.85. The number of thiocarbonyl (C=S) groups is 1. The average Bonchev–Trinajstić information content (AvgIpc) is 2.25. The Morgan fingerprint density at radius 3 is 3.00 bits per heavy atom.